The summed E-state index contributed by atoms with van der Waals surface area (Å²) < 4.78 is 45.9. The Bertz CT molecular complexity index is 1520. The van der Waals surface area contributed by atoms with Crippen LogP contribution in [0, 0.1) is 11.6 Å². The summed E-state index contributed by atoms with van der Waals surface area (Å²) in [6.07, 6.45) is 2.79. The van der Waals surface area contributed by atoms with Gasteiger partial charge < -0.3 is 24.4 Å². The second-order valence-corrected chi connectivity index (χ2v) is 10.3. The van der Waals surface area contributed by atoms with Gasteiger partial charge in [0.15, 0.2) is 11.6 Å². The number of hydrogen-bond acceptors (Lipinski definition) is 6. The predicted molar refractivity (Wildman–Crippen MR) is 168 cm³/mol. The van der Waals surface area contributed by atoms with Gasteiger partial charge in [0.25, 0.3) is 5.91 Å². The summed E-state index contributed by atoms with van der Waals surface area (Å²) in [4.78, 5) is 15.7. The van der Waals surface area contributed by atoms with E-state index in [-0.39, 0.29) is 11.7 Å². The van der Waals surface area contributed by atoms with Crippen LogP contribution in [-0.2, 0) is 7.05 Å². The molecular weight excluding hydrogens is 566 g/mol. The monoisotopic (exact) mass is 606 g/mol. The zero-order valence-electron chi connectivity index (χ0n) is 25.7. The van der Waals surface area contributed by atoms with E-state index in [9.17, 15) is 13.6 Å². The van der Waals surface area contributed by atoms with Crippen molar-refractivity contribution < 1.29 is 27.8 Å². The second-order valence-electron chi connectivity index (χ2n) is 10.3. The zero-order chi connectivity index (χ0) is 31.5. The molecule has 0 aliphatic heterocycles. The largest absolute Gasteiger partial charge is 0.493 e. The fourth-order valence-electron chi connectivity index (χ4n) is 4.54. The molecule has 4 aromatic rings. The summed E-state index contributed by atoms with van der Waals surface area (Å²) in [5, 5.41) is 7.48. The number of rotatable bonds is 16. The van der Waals surface area contributed by atoms with E-state index in [0.717, 1.165) is 56.6 Å². The van der Waals surface area contributed by atoms with Crippen molar-refractivity contribution >= 4 is 11.6 Å². The van der Waals surface area contributed by atoms with Gasteiger partial charge in [-0.3, -0.25) is 9.48 Å². The van der Waals surface area contributed by atoms with E-state index >= 15 is 0 Å². The zero-order valence-corrected chi connectivity index (χ0v) is 25.7. The molecule has 0 aliphatic carbocycles. The second kappa shape index (κ2) is 15.9. The molecule has 0 saturated carbocycles. The van der Waals surface area contributed by atoms with Crippen LogP contribution in [-0.4, -0.2) is 53.4 Å². The Balaban J connectivity index is 1.43. The Morgan fingerprint density at radius 2 is 1.55 bits per heavy atom. The first-order valence-electron chi connectivity index (χ1n) is 15.0. The maximum Gasteiger partial charge on any atom is 0.274 e. The molecule has 10 heteroatoms. The number of carbonyl (C=O) groups is 1. The molecule has 8 nitrogen and oxygen atoms in total. The highest BCUT2D eigenvalue weighted by Crippen LogP contribution is 2.31. The van der Waals surface area contributed by atoms with E-state index < -0.39 is 11.6 Å². The number of anilines is 1. The van der Waals surface area contributed by atoms with E-state index in [4.69, 9.17) is 14.2 Å². The molecule has 3 aromatic carbocycles. The third-order valence-electron chi connectivity index (χ3n) is 7.13. The topological polar surface area (TPSA) is 77.8 Å². The van der Waals surface area contributed by atoms with Crippen molar-refractivity contribution in [2.75, 3.05) is 38.2 Å². The highest BCUT2D eigenvalue weighted by Gasteiger charge is 2.17. The molecule has 1 amide bonds. The normalized spacial score (nSPS) is 11.1. The van der Waals surface area contributed by atoms with E-state index in [0.29, 0.717) is 47.5 Å². The smallest absolute Gasteiger partial charge is 0.274 e. The number of ether oxygens (including phenoxy) is 3. The van der Waals surface area contributed by atoms with Crippen LogP contribution < -0.4 is 19.5 Å². The van der Waals surface area contributed by atoms with Crippen molar-refractivity contribution in [2.24, 2.45) is 7.05 Å². The third-order valence-corrected chi connectivity index (χ3v) is 7.13. The fraction of sp³-hybridized carbons (Fsp3) is 0.353. The minimum Gasteiger partial charge on any atom is -0.493 e. The quantitative estimate of drug-likeness (QED) is 0.132. The first kappa shape index (κ1) is 32.5. The summed E-state index contributed by atoms with van der Waals surface area (Å²) in [7, 11) is 1.70. The number of hydrogen-bond donors (Lipinski definition) is 1. The number of benzene rings is 3. The van der Waals surface area contributed by atoms with E-state index in [2.05, 4.69) is 36.1 Å². The van der Waals surface area contributed by atoms with Crippen LogP contribution in [0.15, 0.2) is 66.7 Å². The Morgan fingerprint density at radius 3 is 2.25 bits per heavy atom. The number of aromatic nitrogens is 2. The summed E-state index contributed by atoms with van der Waals surface area (Å²) >= 11 is 0. The first-order chi connectivity index (χ1) is 21.3. The maximum absolute atomic E-state index is 13.5. The van der Waals surface area contributed by atoms with Crippen molar-refractivity contribution in [3.63, 3.8) is 0 Å². The SMILES string of the molecule is CCCCOc1cc(OCCCN(CC)CC)ccc1NC(=O)c1cc(-c2ccc(Oc3ccc(F)c(F)c3)cc2)nn1C. The number of nitrogens with zero attached hydrogens (tertiary/aromatic N) is 3. The molecule has 44 heavy (non-hydrogen) atoms. The lowest BCUT2D eigenvalue weighted by atomic mass is 10.1. The molecule has 0 spiro atoms. The number of halogens is 2. The molecule has 0 fully saturated rings. The van der Waals surface area contributed by atoms with E-state index in [1.807, 2.05) is 12.1 Å². The minimum absolute atomic E-state index is 0.182. The lowest BCUT2D eigenvalue weighted by Gasteiger charge is -2.18. The van der Waals surface area contributed by atoms with Gasteiger partial charge in [-0.1, -0.05) is 27.2 Å². The van der Waals surface area contributed by atoms with Gasteiger partial charge in [0.05, 0.1) is 24.6 Å². The van der Waals surface area contributed by atoms with Gasteiger partial charge in [0.1, 0.15) is 28.7 Å². The standard InChI is InChI=1S/C34H40F2N4O4/c1-5-8-19-43-33-22-26(42-20-9-18-40(6-2)7-3)15-17-30(33)37-34(41)32-23-31(38-39(32)4)24-10-12-25(13-11-24)44-27-14-16-28(35)29(36)21-27/h10-17,21-23H,5-9,18-20H2,1-4H3,(H,37,41). The van der Waals surface area contributed by atoms with Crippen LogP contribution in [0.25, 0.3) is 11.3 Å². The van der Waals surface area contributed by atoms with Crippen molar-refractivity contribution in [1.29, 1.82) is 0 Å². The number of unbranched alkanes of at least 4 members (excludes halogenated alkanes) is 1. The van der Waals surface area contributed by atoms with Crippen LogP contribution in [0.3, 0.4) is 0 Å². The molecule has 0 saturated heterocycles. The summed E-state index contributed by atoms with van der Waals surface area (Å²) in [6, 6.07) is 17.4. The van der Waals surface area contributed by atoms with Crippen LogP contribution in [0.1, 0.15) is 50.5 Å². The minimum atomic E-state index is -0.983. The van der Waals surface area contributed by atoms with E-state index in [1.165, 1.54) is 10.7 Å². The van der Waals surface area contributed by atoms with Gasteiger partial charge in [-0.15, -0.1) is 0 Å². The summed E-state index contributed by atoms with van der Waals surface area (Å²) in [6.45, 7) is 10.5. The van der Waals surface area contributed by atoms with Gasteiger partial charge in [0.2, 0.25) is 0 Å². The van der Waals surface area contributed by atoms with Crippen molar-refractivity contribution in [2.45, 2.75) is 40.0 Å². The van der Waals surface area contributed by atoms with Crippen molar-refractivity contribution in [1.82, 2.24) is 14.7 Å². The molecule has 0 bridgehead atoms. The fourth-order valence-corrected chi connectivity index (χ4v) is 4.54. The van der Waals surface area contributed by atoms with Crippen molar-refractivity contribution in [3.8, 4) is 34.3 Å². The Morgan fingerprint density at radius 1 is 0.841 bits per heavy atom. The van der Waals surface area contributed by atoms with Crippen molar-refractivity contribution in [3.05, 3.63) is 84.1 Å². The number of nitrogens with one attached hydrogen (secondary N) is 1. The van der Waals surface area contributed by atoms with Crippen LogP contribution in [0.2, 0.25) is 0 Å². The Hall–Kier alpha value is -4.44. The van der Waals surface area contributed by atoms with Gasteiger partial charge in [-0.2, -0.15) is 5.10 Å². The lowest BCUT2D eigenvalue weighted by Crippen LogP contribution is -2.25. The van der Waals surface area contributed by atoms with E-state index in [1.54, 1.807) is 43.4 Å². The molecule has 0 aliphatic rings. The molecular formula is C34H40F2N4O4. The third kappa shape index (κ3) is 8.79. The average molecular weight is 607 g/mol. The van der Waals surface area contributed by atoms with Gasteiger partial charge in [-0.25, -0.2) is 8.78 Å². The average Bonchev–Trinajstić information content (AvgIpc) is 3.42. The van der Waals surface area contributed by atoms with Gasteiger partial charge in [0, 0.05) is 31.3 Å². The van der Waals surface area contributed by atoms with Crippen LogP contribution >= 0.6 is 0 Å². The van der Waals surface area contributed by atoms with Crippen LogP contribution in [0.5, 0.6) is 23.0 Å². The summed E-state index contributed by atoms with van der Waals surface area (Å²) in [5.74, 6) is -0.393. The first-order valence-corrected chi connectivity index (χ1v) is 15.0. The number of carbonyl (C=O) groups excluding carboxylic acids is 1. The predicted octanol–water partition coefficient (Wildman–Crippen LogP) is 7.70. The highest BCUT2D eigenvalue weighted by atomic mass is 19.2. The molecule has 1 aromatic heterocycles. The van der Waals surface area contributed by atoms with Gasteiger partial charge in [-0.05, 0) is 80.5 Å². The molecule has 0 radical (unpaired) electrons. The number of amides is 1. The molecule has 0 atom stereocenters. The van der Waals surface area contributed by atoms with Crippen LogP contribution in [0.4, 0.5) is 14.5 Å². The molecule has 1 heterocycles. The molecule has 0 unspecified atom stereocenters. The summed E-state index contributed by atoms with van der Waals surface area (Å²) in [5.41, 5.74) is 2.25. The van der Waals surface area contributed by atoms with Gasteiger partial charge >= 0.3 is 0 Å². The number of aryl methyl sites for hydroxylation is 1. The molecule has 1 N–H and O–H groups in total. The molecule has 4 rings (SSSR count). The Kier molecular flexibility index (Phi) is 11.7. The molecule has 234 valence electrons. The highest BCUT2D eigenvalue weighted by molar-refractivity contribution is 6.04. The maximum atomic E-state index is 13.5. The lowest BCUT2D eigenvalue weighted by molar-refractivity contribution is 0.101. The Labute approximate surface area is 257 Å².